The first-order valence-corrected chi connectivity index (χ1v) is 5.12. The molecule has 0 saturated carbocycles. The summed E-state index contributed by atoms with van der Waals surface area (Å²) in [6.07, 6.45) is -3.35. The van der Waals surface area contributed by atoms with Gasteiger partial charge in [0.25, 0.3) is 0 Å². The zero-order chi connectivity index (χ0) is 12.9. The van der Waals surface area contributed by atoms with Crippen molar-refractivity contribution >= 4 is 5.97 Å². The van der Waals surface area contributed by atoms with E-state index in [1.165, 1.54) is 12.3 Å². The third-order valence-corrected chi connectivity index (χ3v) is 2.07. The van der Waals surface area contributed by atoms with Crippen LogP contribution in [0, 0.1) is 0 Å². The van der Waals surface area contributed by atoms with E-state index in [4.69, 9.17) is 0 Å². The minimum Gasteiger partial charge on any atom is -0.466 e. The number of hydrogen-bond donors (Lipinski definition) is 0. The molecule has 0 saturated heterocycles. The van der Waals surface area contributed by atoms with Gasteiger partial charge in [0.05, 0.1) is 24.3 Å². The predicted octanol–water partition coefficient (Wildman–Crippen LogP) is 2.60. The van der Waals surface area contributed by atoms with Crippen molar-refractivity contribution in [1.82, 2.24) is 4.98 Å². The minimum atomic E-state index is -4.45. The monoisotopic (exact) mass is 247 g/mol. The Morgan fingerprint density at radius 3 is 2.76 bits per heavy atom. The number of carbonyl (C=O) groups excluding carboxylic acids is 1. The molecule has 1 aromatic heterocycles. The molecule has 1 rings (SSSR count). The van der Waals surface area contributed by atoms with Gasteiger partial charge in [-0.15, -0.1) is 0 Å². The van der Waals surface area contributed by atoms with Crippen LogP contribution in [0.25, 0.3) is 0 Å². The van der Waals surface area contributed by atoms with Crippen LogP contribution < -0.4 is 0 Å². The highest BCUT2D eigenvalue weighted by Gasteiger charge is 2.33. The summed E-state index contributed by atoms with van der Waals surface area (Å²) in [6, 6.07) is 2.17. The van der Waals surface area contributed by atoms with Crippen LogP contribution in [0.3, 0.4) is 0 Å². The Morgan fingerprint density at radius 2 is 2.18 bits per heavy atom. The van der Waals surface area contributed by atoms with Crippen LogP contribution in [0.1, 0.15) is 24.6 Å². The average Bonchev–Trinajstić information content (AvgIpc) is 2.26. The Morgan fingerprint density at radius 1 is 1.47 bits per heavy atom. The van der Waals surface area contributed by atoms with E-state index in [9.17, 15) is 18.0 Å². The summed E-state index contributed by atoms with van der Waals surface area (Å²) < 4.78 is 42.3. The third kappa shape index (κ3) is 4.05. The summed E-state index contributed by atoms with van der Waals surface area (Å²) in [5.41, 5.74) is -0.933. The molecule has 0 fully saturated rings. The molecule has 6 heteroatoms. The molecule has 17 heavy (non-hydrogen) atoms. The second kappa shape index (κ2) is 5.65. The zero-order valence-electron chi connectivity index (χ0n) is 9.25. The van der Waals surface area contributed by atoms with E-state index in [-0.39, 0.29) is 25.1 Å². The van der Waals surface area contributed by atoms with Crippen LogP contribution >= 0.6 is 0 Å². The lowest BCUT2D eigenvalue weighted by atomic mass is 10.1. The van der Waals surface area contributed by atoms with Crippen LogP contribution in [0.2, 0.25) is 0 Å². The molecule has 1 aromatic rings. The third-order valence-electron chi connectivity index (χ3n) is 2.07. The van der Waals surface area contributed by atoms with Crippen molar-refractivity contribution < 1.29 is 22.7 Å². The number of rotatable bonds is 4. The fourth-order valence-corrected chi connectivity index (χ4v) is 1.35. The highest BCUT2D eigenvalue weighted by atomic mass is 19.4. The summed E-state index contributed by atoms with van der Waals surface area (Å²) in [4.78, 5) is 14.7. The topological polar surface area (TPSA) is 39.2 Å². The number of aromatic nitrogens is 1. The van der Waals surface area contributed by atoms with Gasteiger partial charge in [0, 0.05) is 12.6 Å². The summed E-state index contributed by atoms with van der Waals surface area (Å²) in [5.74, 6) is -0.522. The van der Waals surface area contributed by atoms with Gasteiger partial charge in [-0.05, 0) is 19.1 Å². The highest BCUT2D eigenvalue weighted by Crippen LogP contribution is 2.31. The molecule has 0 aliphatic rings. The molecule has 1 heterocycles. The molecule has 0 aromatic carbocycles. The maximum absolute atomic E-state index is 12.6. The SMILES string of the molecule is CCOC(=O)CCc1ncccc1C(F)(F)F. The summed E-state index contributed by atoms with van der Waals surface area (Å²) in [6.45, 7) is 1.85. The van der Waals surface area contributed by atoms with E-state index in [0.717, 1.165) is 6.07 Å². The molecule has 0 aliphatic carbocycles. The Balaban J connectivity index is 2.74. The Labute approximate surface area is 96.6 Å². The number of ether oxygens (including phenoxy) is 1. The van der Waals surface area contributed by atoms with Crippen molar-refractivity contribution in [3.05, 3.63) is 29.6 Å². The summed E-state index contributed by atoms with van der Waals surface area (Å²) in [7, 11) is 0. The molecule has 3 nitrogen and oxygen atoms in total. The quantitative estimate of drug-likeness (QED) is 0.768. The summed E-state index contributed by atoms with van der Waals surface area (Å²) in [5, 5.41) is 0. The van der Waals surface area contributed by atoms with Crippen molar-refractivity contribution in [2.24, 2.45) is 0 Å². The number of hydrogen-bond acceptors (Lipinski definition) is 3. The van der Waals surface area contributed by atoms with Gasteiger partial charge in [-0.3, -0.25) is 9.78 Å². The zero-order valence-corrected chi connectivity index (χ0v) is 9.25. The van der Waals surface area contributed by atoms with E-state index >= 15 is 0 Å². The molecule has 0 spiro atoms. The predicted molar refractivity (Wildman–Crippen MR) is 54.2 cm³/mol. The van der Waals surface area contributed by atoms with Gasteiger partial charge < -0.3 is 4.74 Å². The Hall–Kier alpha value is -1.59. The van der Waals surface area contributed by atoms with Gasteiger partial charge in [-0.25, -0.2) is 0 Å². The molecule has 0 unspecified atom stereocenters. The molecule has 0 aliphatic heterocycles. The normalized spacial score (nSPS) is 11.3. The van der Waals surface area contributed by atoms with Crippen LogP contribution in [-0.4, -0.2) is 17.6 Å². The first-order valence-electron chi connectivity index (χ1n) is 5.12. The molecular weight excluding hydrogens is 235 g/mol. The second-order valence-electron chi connectivity index (χ2n) is 3.30. The van der Waals surface area contributed by atoms with Crippen molar-refractivity contribution in [2.75, 3.05) is 6.61 Å². The highest BCUT2D eigenvalue weighted by molar-refractivity contribution is 5.69. The summed E-state index contributed by atoms with van der Waals surface area (Å²) >= 11 is 0. The number of aryl methyl sites for hydroxylation is 1. The average molecular weight is 247 g/mol. The number of pyridine rings is 1. The Bertz CT molecular complexity index is 391. The Kier molecular flexibility index (Phi) is 4.48. The number of carbonyl (C=O) groups is 1. The molecule has 0 N–H and O–H groups in total. The van der Waals surface area contributed by atoms with E-state index in [1.54, 1.807) is 6.92 Å². The number of alkyl halides is 3. The van der Waals surface area contributed by atoms with Gasteiger partial charge in [-0.2, -0.15) is 13.2 Å². The molecule has 94 valence electrons. The molecule has 0 radical (unpaired) electrons. The fourth-order valence-electron chi connectivity index (χ4n) is 1.35. The van der Waals surface area contributed by atoms with E-state index < -0.39 is 17.7 Å². The lowest BCUT2D eigenvalue weighted by Crippen LogP contribution is -2.12. The van der Waals surface area contributed by atoms with Crippen molar-refractivity contribution in [2.45, 2.75) is 25.9 Å². The lowest BCUT2D eigenvalue weighted by molar-refractivity contribution is -0.144. The van der Waals surface area contributed by atoms with Crippen LogP contribution in [0.15, 0.2) is 18.3 Å². The minimum absolute atomic E-state index is 0.0749. The maximum atomic E-state index is 12.6. The van der Waals surface area contributed by atoms with Gasteiger partial charge in [-0.1, -0.05) is 0 Å². The number of esters is 1. The number of halogens is 3. The largest absolute Gasteiger partial charge is 0.466 e. The lowest BCUT2D eigenvalue weighted by Gasteiger charge is -2.10. The molecule has 0 atom stereocenters. The maximum Gasteiger partial charge on any atom is 0.418 e. The van der Waals surface area contributed by atoms with Crippen molar-refractivity contribution in [3.8, 4) is 0 Å². The standard InChI is InChI=1S/C11H12F3NO2/c1-2-17-10(16)6-5-9-8(11(12,13)14)4-3-7-15-9/h3-4,7H,2,5-6H2,1H3. The van der Waals surface area contributed by atoms with E-state index in [2.05, 4.69) is 9.72 Å². The molecule has 0 amide bonds. The van der Waals surface area contributed by atoms with Gasteiger partial charge in [0.15, 0.2) is 0 Å². The van der Waals surface area contributed by atoms with E-state index in [1.807, 2.05) is 0 Å². The van der Waals surface area contributed by atoms with Crippen molar-refractivity contribution in [3.63, 3.8) is 0 Å². The number of nitrogens with zero attached hydrogens (tertiary/aromatic N) is 1. The van der Waals surface area contributed by atoms with E-state index in [0.29, 0.717) is 0 Å². The first kappa shape index (κ1) is 13.5. The van der Waals surface area contributed by atoms with Crippen LogP contribution in [-0.2, 0) is 22.1 Å². The van der Waals surface area contributed by atoms with Gasteiger partial charge in [0.2, 0.25) is 0 Å². The van der Waals surface area contributed by atoms with Crippen LogP contribution in [0.4, 0.5) is 13.2 Å². The van der Waals surface area contributed by atoms with Crippen LogP contribution in [0.5, 0.6) is 0 Å². The fraction of sp³-hybridized carbons (Fsp3) is 0.455. The molecular formula is C11H12F3NO2. The van der Waals surface area contributed by atoms with Crippen molar-refractivity contribution in [1.29, 1.82) is 0 Å². The first-order chi connectivity index (χ1) is 7.95. The van der Waals surface area contributed by atoms with Gasteiger partial charge >= 0.3 is 12.1 Å². The second-order valence-corrected chi connectivity index (χ2v) is 3.30. The molecule has 0 bridgehead atoms. The smallest absolute Gasteiger partial charge is 0.418 e. The van der Waals surface area contributed by atoms with Gasteiger partial charge in [0.1, 0.15) is 0 Å².